The maximum Gasteiger partial charge on any atom is 0.320 e. The van der Waals surface area contributed by atoms with Crippen molar-refractivity contribution in [3.05, 3.63) is 34.9 Å². The molecule has 2 aliphatic heterocycles. The molecule has 2 heterocycles. The van der Waals surface area contributed by atoms with Gasteiger partial charge in [-0.3, -0.25) is 0 Å². The van der Waals surface area contributed by atoms with Crippen LogP contribution in [0.25, 0.3) is 0 Å². The molecule has 4 heteroatoms. The van der Waals surface area contributed by atoms with E-state index in [1.165, 1.54) is 17.5 Å². The highest BCUT2D eigenvalue weighted by Crippen LogP contribution is 2.56. The van der Waals surface area contributed by atoms with Crippen LogP contribution in [-0.2, 0) is 11.8 Å². The van der Waals surface area contributed by atoms with E-state index in [0.29, 0.717) is 0 Å². The number of nitriles is 1. The Bertz CT molecular complexity index is 772. The van der Waals surface area contributed by atoms with Gasteiger partial charge in [-0.05, 0) is 60.8 Å². The number of benzene rings is 1. The van der Waals surface area contributed by atoms with Crippen molar-refractivity contribution in [2.24, 2.45) is 5.41 Å². The summed E-state index contributed by atoms with van der Waals surface area (Å²) in [5.74, 6) is 0. The minimum atomic E-state index is 0.0118. The van der Waals surface area contributed by atoms with Crippen LogP contribution in [0.2, 0.25) is 0 Å². The van der Waals surface area contributed by atoms with E-state index in [9.17, 15) is 10.1 Å². The summed E-state index contributed by atoms with van der Waals surface area (Å²) in [6.45, 7) is 9.64. The van der Waals surface area contributed by atoms with Gasteiger partial charge < -0.3 is 9.80 Å². The summed E-state index contributed by atoms with van der Waals surface area (Å²) in [7, 11) is 0. The molecule has 2 bridgehead atoms. The van der Waals surface area contributed by atoms with Crippen LogP contribution in [0, 0.1) is 16.7 Å². The van der Waals surface area contributed by atoms with Gasteiger partial charge in [0.1, 0.15) is 0 Å². The molecule has 1 aromatic carbocycles. The van der Waals surface area contributed by atoms with Crippen molar-refractivity contribution in [2.75, 3.05) is 19.6 Å². The standard InChI is InChI=1S/C22H29N3O/c1-21(2)19-14-17-13-16(15-23)7-8-18(17)22(21,3)9-12-25(19)20(26)24-10-5-4-6-11-24/h7-8,13,19H,4-6,9-12,14H2,1-3H3/t19-,22+/m1/s1. The lowest BCUT2D eigenvalue weighted by Crippen LogP contribution is -2.66. The van der Waals surface area contributed by atoms with Crippen molar-refractivity contribution in [1.82, 2.24) is 9.80 Å². The van der Waals surface area contributed by atoms with E-state index in [0.717, 1.165) is 50.9 Å². The lowest BCUT2D eigenvalue weighted by atomic mass is 9.51. The van der Waals surface area contributed by atoms with Crippen LogP contribution in [0.4, 0.5) is 4.79 Å². The van der Waals surface area contributed by atoms with Crippen molar-refractivity contribution >= 4 is 6.03 Å². The van der Waals surface area contributed by atoms with Crippen LogP contribution in [0.15, 0.2) is 18.2 Å². The van der Waals surface area contributed by atoms with Gasteiger partial charge in [0.2, 0.25) is 0 Å². The first kappa shape index (κ1) is 17.4. The zero-order chi connectivity index (χ0) is 18.5. The van der Waals surface area contributed by atoms with E-state index < -0.39 is 0 Å². The van der Waals surface area contributed by atoms with E-state index in [-0.39, 0.29) is 22.9 Å². The Hall–Kier alpha value is -2.02. The Balaban J connectivity index is 1.72. The second-order valence-electron chi connectivity index (χ2n) is 9.03. The average molecular weight is 351 g/mol. The number of hydrogen-bond acceptors (Lipinski definition) is 2. The summed E-state index contributed by atoms with van der Waals surface area (Å²) in [5.41, 5.74) is 3.41. The van der Waals surface area contributed by atoms with Crippen LogP contribution in [0.1, 0.15) is 63.1 Å². The first-order valence-corrected chi connectivity index (χ1v) is 9.97. The van der Waals surface area contributed by atoms with Gasteiger partial charge in [-0.15, -0.1) is 0 Å². The fourth-order valence-electron chi connectivity index (χ4n) is 5.50. The van der Waals surface area contributed by atoms with Crippen LogP contribution >= 0.6 is 0 Å². The molecule has 1 aromatic rings. The van der Waals surface area contributed by atoms with Gasteiger partial charge in [-0.1, -0.05) is 26.8 Å². The zero-order valence-electron chi connectivity index (χ0n) is 16.2. The fraction of sp³-hybridized carbons (Fsp3) is 0.636. The highest BCUT2D eigenvalue weighted by Gasteiger charge is 2.57. The molecule has 0 saturated carbocycles. The Morgan fingerprint density at radius 2 is 1.88 bits per heavy atom. The smallest absolute Gasteiger partial charge is 0.320 e. The van der Waals surface area contributed by atoms with Crippen LogP contribution in [0.3, 0.4) is 0 Å². The average Bonchev–Trinajstić information content (AvgIpc) is 2.64. The third kappa shape index (κ3) is 2.36. The molecule has 0 spiro atoms. The van der Waals surface area contributed by atoms with E-state index in [2.05, 4.69) is 42.7 Å². The van der Waals surface area contributed by atoms with E-state index >= 15 is 0 Å². The number of likely N-dealkylation sites (tertiary alicyclic amines) is 2. The largest absolute Gasteiger partial charge is 0.325 e. The predicted molar refractivity (Wildman–Crippen MR) is 102 cm³/mol. The minimum Gasteiger partial charge on any atom is -0.325 e. The monoisotopic (exact) mass is 351 g/mol. The first-order chi connectivity index (χ1) is 12.4. The topological polar surface area (TPSA) is 47.3 Å². The van der Waals surface area contributed by atoms with Crippen molar-refractivity contribution in [1.29, 1.82) is 5.26 Å². The second-order valence-corrected chi connectivity index (χ2v) is 9.03. The summed E-state index contributed by atoms with van der Waals surface area (Å²) in [6.07, 6.45) is 5.32. The molecule has 0 unspecified atom stereocenters. The fourth-order valence-corrected chi connectivity index (χ4v) is 5.50. The quantitative estimate of drug-likeness (QED) is 0.707. The van der Waals surface area contributed by atoms with Crippen molar-refractivity contribution in [3.63, 3.8) is 0 Å². The molecule has 0 aromatic heterocycles. The van der Waals surface area contributed by atoms with Gasteiger partial charge >= 0.3 is 6.03 Å². The molecular formula is C22H29N3O. The van der Waals surface area contributed by atoms with E-state index in [1.807, 2.05) is 12.1 Å². The van der Waals surface area contributed by atoms with Gasteiger partial charge in [-0.2, -0.15) is 5.26 Å². The molecule has 2 amide bonds. The summed E-state index contributed by atoms with van der Waals surface area (Å²) in [4.78, 5) is 17.5. The Labute approximate surface area is 156 Å². The van der Waals surface area contributed by atoms with Crippen LogP contribution in [-0.4, -0.2) is 41.5 Å². The number of piperidine rings is 2. The van der Waals surface area contributed by atoms with E-state index in [1.54, 1.807) is 0 Å². The lowest BCUT2D eigenvalue weighted by molar-refractivity contribution is -0.0242. The summed E-state index contributed by atoms with van der Waals surface area (Å²) in [6, 6.07) is 8.85. The van der Waals surface area contributed by atoms with Crippen LogP contribution in [0.5, 0.6) is 0 Å². The van der Waals surface area contributed by atoms with Gasteiger partial charge in [0.15, 0.2) is 0 Å². The maximum atomic E-state index is 13.3. The molecule has 26 heavy (non-hydrogen) atoms. The molecular weight excluding hydrogens is 322 g/mol. The van der Waals surface area contributed by atoms with Gasteiger partial charge in [0, 0.05) is 31.1 Å². The molecule has 0 radical (unpaired) electrons. The number of urea groups is 1. The van der Waals surface area contributed by atoms with E-state index in [4.69, 9.17) is 0 Å². The molecule has 1 aliphatic carbocycles. The highest BCUT2D eigenvalue weighted by atomic mass is 16.2. The molecule has 2 atom stereocenters. The molecule has 2 fully saturated rings. The molecule has 3 aliphatic rings. The predicted octanol–water partition coefficient (Wildman–Crippen LogP) is 4.08. The number of fused-ring (bicyclic) bond motifs is 4. The summed E-state index contributed by atoms with van der Waals surface area (Å²) >= 11 is 0. The number of nitrogens with zero attached hydrogens (tertiary/aromatic N) is 3. The summed E-state index contributed by atoms with van der Waals surface area (Å²) < 4.78 is 0. The highest BCUT2D eigenvalue weighted by molar-refractivity contribution is 5.75. The Morgan fingerprint density at radius 3 is 2.58 bits per heavy atom. The maximum absolute atomic E-state index is 13.3. The minimum absolute atomic E-state index is 0.0118. The van der Waals surface area contributed by atoms with Crippen molar-refractivity contribution in [2.45, 2.75) is 64.3 Å². The van der Waals surface area contributed by atoms with Crippen molar-refractivity contribution < 1.29 is 4.79 Å². The molecule has 4 rings (SSSR count). The Morgan fingerprint density at radius 1 is 1.15 bits per heavy atom. The first-order valence-electron chi connectivity index (χ1n) is 9.97. The number of rotatable bonds is 0. The summed E-state index contributed by atoms with van der Waals surface area (Å²) in [5, 5.41) is 9.30. The number of carbonyl (C=O) groups is 1. The second kappa shape index (κ2) is 6.01. The molecule has 4 nitrogen and oxygen atoms in total. The number of amides is 2. The number of hydrogen-bond donors (Lipinski definition) is 0. The molecule has 2 saturated heterocycles. The molecule has 0 N–H and O–H groups in total. The van der Waals surface area contributed by atoms with Gasteiger partial charge in [0.05, 0.1) is 11.6 Å². The zero-order valence-corrected chi connectivity index (χ0v) is 16.2. The van der Waals surface area contributed by atoms with Gasteiger partial charge in [-0.25, -0.2) is 4.79 Å². The Kier molecular flexibility index (Phi) is 4.02. The van der Waals surface area contributed by atoms with Gasteiger partial charge in [0.25, 0.3) is 0 Å². The third-order valence-electron chi connectivity index (χ3n) is 7.60. The SMILES string of the molecule is CC1(C)[C@H]2Cc3cc(C#N)ccc3[C@]1(C)CCN2C(=O)N1CCCCC1. The third-order valence-corrected chi connectivity index (χ3v) is 7.60. The normalized spacial score (nSPS) is 29.7. The lowest BCUT2D eigenvalue weighted by Gasteiger charge is -2.61. The van der Waals surface area contributed by atoms with Crippen molar-refractivity contribution in [3.8, 4) is 6.07 Å². The van der Waals surface area contributed by atoms with Crippen LogP contribution < -0.4 is 0 Å². The number of carbonyl (C=O) groups excluding carboxylic acids is 1. The molecule has 138 valence electrons.